The third-order valence-corrected chi connectivity index (χ3v) is 3.31. The molecule has 0 spiro atoms. The van der Waals surface area contributed by atoms with Crippen LogP contribution in [-0.2, 0) is 4.79 Å². The summed E-state index contributed by atoms with van der Waals surface area (Å²) in [6, 6.07) is 0. The molecule has 5 N–H and O–H groups in total. The maximum absolute atomic E-state index is 10.2. The standard InChI is InChI=1S/C9H16O6/c1-8(2)7(14)9(8,15)6(13)5(12)4(11)3-10/h3-7,11-15H,1-2H3/t4-,5+,6-,7?,9-/m0/s1. The Hall–Kier alpha value is -0.530. The van der Waals surface area contributed by atoms with Crippen LogP contribution in [0.15, 0.2) is 0 Å². The lowest BCUT2D eigenvalue weighted by Gasteiger charge is -2.26. The zero-order chi connectivity index (χ0) is 12.0. The molecule has 88 valence electrons. The van der Waals surface area contributed by atoms with Gasteiger partial charge in [-0.05, 0) is 0 Å². The number of aldehydes is 1. The lowest BCUT2D eigenvalue weighted by molar-refractivity contribution is -0.144. The minimum absolute atomic E-state index is 0.0546. The molecule has 1 aliphatic carbocycles. The van der Waals surface area contributed by atoms with Crippen molar-refractivity contribution in [3.63, 3.8) is 0 Å². The Labute approximate surface area is 86.8 Å². The highest BCUT2D eigenvalue weighted by Crippen LogP contribution is 2.58. The van der Waals surface area contributed by atoms with Crippen molar-refractivity contribution >= 4 is 6.29 Å². The van der Waals surface area contributed by atoms with E-state index in [1.807, 2.05) is 0 Å². The van der Waals surface area contributed by atoms with E-state index in [-0.39, 0.29) is 6.29 Å². The van der Waals surface area contributed by atoms with Gasteiger partial charge in [0, 0.05) is 5.41 Å². The Bertz CT molecular complexity index is 265. The third-order valence-electron chi connectivity index (χ3n) is 3.31. The molecule has 0 bridgehead atoms. The molecule has 1 unspecified atom stereocenters. The molecule has 1 fully saturated rings. The van der Waals surface area contributed by atoms with Gasteiger partial charge in [0.2, 0.25) is 0 Å². The molecule has 0 amide bonds. The summed E-state index contributed by atoms with van der Waals surface area (Å²) in [7, 11) is 0. The highest BCUT2D eigenvalue weighted by atomic mass is 16.4. The van der Waals surface area contributed by atoms with E-state index in [2.05, 4.69) is 0 Å². The highest BCUT2D eigenvalue weighted by molar-refractivity contribution is 5.57. The van der Waals surface area contributed by atoms with Crippen LogP contribution < -0.4 is 0 Å². The average Bonchev–Trinajstić information content (AvgIpc) is 2.60. The molecular weight excluding hydrogens is 204 g/mol. The van der Waals surface area contributed by atoms with E-state index in [0.29, 0.717) is 0 Å². The highest BCUT2D eigenvalue weighted by Gasteiger charge is 2.75. The number of aliphatic hydroxyl groups is 5. The predicted octanol–water partition coefficient (Wildman–Crippen LogP) is -2.60. The molecular formula is C9H16O6. The predicted molar refractivity (Wildman–Crippen MR) is 48.8 cm³/mol. The SMILES string of the molecule is CC1(C)C(O)[C@@]1(O)[C@@H](O)[C@H](O)[C@@H](O)C=O. The van der Waals surface area contributed by atoms with Crippen LogP contribution in [0.1, 0.15) is 13.8 Å². The smallest absolute Gasteiger partial charge is 0.151 e. The second-order valence-electron chi connectivity index (χ2n) is 4.51. The zero-order valence-corrected chi connectivity index (χ0v) is 8.53. The van der Waals surface area contributed by atoms with Crippen molar-refractivity contribution in [2.24, 2.45) is 5.41 Å². The molecule has 0 saturated heterocycles. The van der Waals surface area contributed by atoms with E-state index in [0.717, 1.165) is 0 Å². The van der Waals surface area contributed by atoms with Crippen LogP contribution in [0.3, 0.4) is 0 Å². The fraction of sp³-hybridized carbons (Fsp3) is 0.889. The Kier molecular flexibility index (Phi) is 2.92. The number of carbonyl (C=O) groups is 1. The van der Waals surface area contributed by atoms with Gasteiger partial charge in [0.1, 0.15) is 23.9 Å². The van der Waals surface area contributed by atoms with E-state index >= 15 is 0 Å². The quantitative estimate of drug-likeness (QED) is 0.331. The largest absolute Gasteiger partial charge is 0.389 e. The molecule has 0 aromatic rings. The summed E-state index contributed by atoms with van der Waals surface area (Å²) in [5.74, 6) is 0. The molecule has 15 heavy (non-hydrogen) atoms. The van der Waals surface area contributed by atoms with Crippen LogP contribution in [0.25, 0.3) is 0 Å². The van der Waals surface area contributed by atoms with E-state index in [1.165, 1.54) is 13.8 Å². The number of carbonyl (C=O) groups excluding carboxylic acids is 1. The van der Waals surface area contributed by atoms with Gasteiger partial charge in [-0.1, -0.05) is 13.8 Å². The average molecular weight is 220 g/mol. The molecule has 0 aliphatic heterocycles. The van der Waals surface area contributed by atoms with Crippen molar-refractivity contribution in [2.45, 2.75) is 43.9 Å². The second kappa shape index (κ2) is 3.50. The molecule has 5 atom stereocenters. The fourth-order valence-corrected chi connectivity index (χ4v) is 1.82. The summed E-state index contributed by atoms with van der Waals surface area (Å²) >= 11 is 0. The van der Waals surface area contributed by atoms with Crippen LogP contribution in [0.5, 0.6) is 0 Å². The first kappa shape index (κ1) is 12.5. The number of rotatable bonds is 4. The molecule has 6 nitrogen and oxygen atoms in total. The zero-order valence-electron chi connectivity index (χ0n) is 8.53. The van der Waals surface area contributed by atoms with E-state index in [1.54, 1.807) is 0 Å². The van der Waals surface area contributed by atoms with Crippen LogP contribution in [0, 0.1) is 5.41 Å². The maximum atomic E-state index is 10.2. The lowest BCUT2D eigenvalue weighted by atomic mass is 9.95. The fourth-order valence-electron chi connectivity index (χ4n) is 1.82. The first-order chi connectivity index (χ1) is 6.71. The number of hydrogen-bond donors (Lipinski definition) is 5. The van der Waals surface area contributed by atoms with Crippen LogP contribution in [0.2, 0.25) is 0 Å². The van der Waals surface area contributed by atoms with Gasteiger partial charge in [-0.25, -0.2) is 0 Å². The van der Waals surface area contributed by atoms with Crippen molar-refractivity contribution in [1.29, 1.82) is 0 Å². The summed E-state index contributed by atoms with van der Waals surface area (Å²) in [6.07, 6.45) is -6.52. The third kappa shape index (κ3) is 1.49. The number of aliphatic hydroxyl groups excluding tert-OH is 4. The summed E-state index contributed by atoms with van der Waals surface area (Å²) in [4.78, 5) is 10.2. The van der Waals surface area contributed by atoms with E-state index in [9.17, 15) is 25.2 Å². The van der Waals surface area contributed by atoms with Crippen molar-refractivity contribution in [2.75, 3.05) is 0 Å². The molecule has 0 aromatic carbocycles. The summed E-state index contributed by atoms with van der Waals surface area (Å²) in [5.41, 5.74) is -2.87. The van der Waals surface area contributed by atoms with Crippen molar-refractivity contribution in [3.8, 4) is 0 Å². The van der Waals surface area contributed by atoms with Gasteiger partial charge in [0.25, 0.3) is 0 Å². The topological polar surface area (TPSA) is 118 Å². The second-order valence-corrected chi connectivity index (χ2v) is 4.51. The van der Waals surface area contributed by atoms with Gasteiger partial charge in [0.05, 0.1) is 6.10 Å². The van der Waals surface area contributed by atoms with Gasteiger partial charge in [-0.15, -0.1) is 0 Å². The monoisotopic (exact) mass is 220 g/mol. The minimum Gasteiger partial charge on any atom is -0.389 e. The Morgan fingerprint density at radius 3 is 1.93 bits per heavy atom. The molecule has 0 radical (unpaired) electrons. The first-order valence-corrected chi connectivity index (χ1v) is 4.61. The minimum atomic E-state index is -1.89. The van der Waals surface area contributed by atoms with Crippen LogP contribution in [-0.4, -0.2) is 61.8 Å². The molecule has 1 aliphatic rings. The van der Waals surface area contributed by atoms with Gasteiger partial charge < -0.3 is 30.3 Å². The molecule has 0 heterocycles. The summed E-state index contributed by atoms with van der Waals surface area (Å²) in [6.45, 7) is 3.00. The van der Waals surface area contributed by atoms with Crippen LogP contribution >= 0.6 is 0 Å². The van der Waals surface area contributed by atoms with Crippen molar-refractivity contribution < 1.29 is 30.3 Å². The van der Waals surface area contributed by atoms with Crippen LogP contribution in [0.4, 0.5) is 0 Å². The molecule has 0 aromatic heterocycles. The summed E-state index contributed by atoms with van der Waals surface area (Å²) in [5, 5.41) is 47.0. The van der Waals surface area contributed by atoms with Crippen molar-refractivity contribution in [3.05, 3.63) is 0 Å². The van der Waals surface area contributed by atoms with Gasteiger partial charge in [0.15, 0.2) is 6.29 Å². The number of hydrogen-bond acceptors (Lipinski definition) is 6. The molecule has 1 saturated carbocycles. The first-order valence-electron chi connectivity index (χ1n) is 4.61. The van der Waals surface area contributed by atoms with Gasteiger partial charge in [-0.3, -0.25) is 0 Å². The van der Waals surface area contributed by atoms with Gasteiger partial charge >= 0.3 is 0 Å². The molecule has 1 rings (SSSR count). The van der Waals surface area contributed by atoms with E-state index in [4.69, 9.17) is 5.11 Å². The van der Waals surface area contributed by atoms with Crippen molar-refractivity contribution in [1.82, 2.24) is 0 Å². The Morgan fingerprint density at radius 1 is 1.27 bits per heavy atom. The maximum Gasteiger partial charge on any atom is 0.151 e. The van der Waals surface area contributed by atoms with E-state index < -0.39 is 35.4 Å². The Morgan fingerprint density at radius 2 is 1.67 bits per heavy atom. The normalized spacial score (nSPS) is 39.3. The van der Waals surface area contributed by atoms with Gasteiger partial charge in [-0.2, -0.15) is 0 Å². The lowest BCUT2D eigenvalue weighted by Crippen LogP contribution is -2.49. The summed E-state index contributed by atoms with van der Waals surface area (Å²) < 4.78 is 0. The molecule has 6 heteroatoms. The Balaban J connectivity index is 2.79.